The molecule has 0 fully saturated rings. The van der Waals surface area contributed by atoms with E-state index in [1.807, 2.05) is 13.8 Å². The topological polar surface area (TPSA) is 67.8 Å². The predicted molar refractivity (Wildman–Crippen MR) is 77.0 cm³/mol. The van der Waals surface area contributed by atoms with Crippen LogP contribution in [-0.2, 0) is 4.79 Å². The molecule has 1 aromatic rings. The van der Waals surface area contributed by atoms with E-state index in [9.17, 15) is 4.79 Å². The summed E-state index contributed by atoms with van der Waals surface area (Å²) in [5, 5.41) is 11.8. The van der Waals surface area contributed by atoms with Crippen LogP contribution in [0.2, 0.25) is 0 Å². The number of rotatable bonds is 8. The zero-order valence-corrected chi connectivity index (χ0v) is 12.3. The Bertz CT molecular complexity index is 414. The Balaban J connectivity index is 2.31. The highest BCUT2D eigenvalue weighted by Gasteiger charge is 2.19. The van der Waals surface area contributed by atoms with Crippen LogP contribution in [0.5, 0.6) is 11.5 Å². The molecular formula is C15H23NO4. The fraction of sp³-hybridized carbons (Fsp3) is 0.533. The molecule has 1 amide bonds. The Hall–Kier alpha value is -1.75. The van der Waals surface area contributed by atoms with Crippen LogP contribution in [0, 0.1) is 0 Å². The van der Waals surface area contributed by atoms with Crippen molar-refractivity contribution in [2.45, 2.75) is 32.2 Å². The number of carbonyl (C=O) groups excluding carboxylic acids is 1. The Kier molecular flexibility index (Phi) is 6.31. The second-order valence-electron chi connectivity index (χ2n) is 5.18. The highest BCUT2D eigenvalue weighted by molar-refractivity contribution is 5.76. The van der Waals surface area contributed by atoms with E-state index in [1.165, 1.54) is 0 Å². The van der Waals surface area contributed by atoms with Gasteiger partial charge in [-0.15, -0.1) is 0 Å². The quantitative estimate of drug-likeness (QED) is 0.761. The van der Waals surface area contributed by atoms with Gasteiger partial charge in [-0.25, -0.2) is 0 Å². The third-order valence-electron chi connectivity index (χ3n) is 2.87. The summed E-state index contributed by atoms with van der Waals surface area (Å²) in [6, 6.07) is 7.21. The van der Waals surface area contributed by atoms with Crippen molar-refractivity contribution >= 4 is 5.91 Å². The molecule has 0 heterocycles. The smallest absolute Gasteiger partial charge is 0.223 e. The molecule has 0 aromatic heterocycles. The fourth-order valence-electron chi connectivity index (χ4n) is 1.72. The minimum Gasteiger partial charge on any atom is -0.497 e. The standard InChI is InChI=1S/C15H23NO4/c1-15(2,9-10-17)16-14(18)8-11-20-13-6-4-12(19-3)5-7-13/h4-7,17H,8-11H2,1-3H3,(H,16,18). The number of hydrogen-bond donors (Lipinski definition) is 2. The number of carbonyl (C=O) groups is 1. The highest BCUT2D eigenvalue weighted by Crippen LogP contribution is 2.17. The zero-order chi connectivity index (χ0) is 15.0. The average Bonchev–Trinajstić information content (AvgIpc) is 2.38. The van der Waals surface area contributed by atoms with E-state index in [1.54, 1.807) is 31.4 Å². The summed E-state index contributed by atoms with van der Waals surface area (Å²) in [7, 11) is 1.61. The first-order chi connectivity index (χ1) is 9.46. The van der Waals surface area contributed by atoms with Gasteiger partial charge >= 0.3 is 0 Å². The highest BCUT2D eigenvalue weighted by atomic mass is 16.5. The van der Waals surface area contributed by atoms with E-state index >= 15 is 0 Å². The summed E-state index contributed by atoms with van der Waals surface area (Å²) < 4.78 is 10.5. The Morgan fingerprint density at radius 3 is 2.40 bits per heavy atom. The SMILES string of the molecule is COc1ccc(OCCC(=O)NC(C)(C)CCO)cc1. The van der Waals surface area contributed by atoms with Crippen LogP contribution in [-0.4, -0.2) is 36.9 Å². The van der Waals surface area contributed by atoms with Crippen LogP contribution < -0.4 is 14.8 Å². The molecule has 20 heavy (non-hydrogen) atoms. The molecule has 0 aliphatic heterocycles. The molecule has 0 atom stereocenters. The lowest BCUT2D eigenvalue weighted by Crippen LogP contribution is -2.44. The van der Waals surface area contributed by atoms with Gasteiger partial charge in [-0.3, -0.25) is 4.79 Å². The Labute approximate surface area is 119 Å². The van der Waals surface area contributed by atoms with Crippen molar-refractivity contribution in [1.29, 1.82) is 0 Å². The van der Waals surface area contributed by atoms with Crippen molar-refractivity contribution in [3.63, 3.8) is 0 Å². The lowest BCUT2D eigenvalue weighted by Gasteiger charge is -2.25. The van der Waals surface area contributed by atoms with Crippen molar-refractivity contribution in [2.24, 2.45) is 0 Å². The van der Waals surface area contributed by atoms with E-state index in [0.29, 0.717) is 18.8 Å². The van der Waals surface area contributed by atoms with Crippen molar-refractivity contribution in [3.05, 3.63) is 24.3 Å². The molecule has 5 heteroatoms. The molecule has 0 bridgehead atoms. The van der Waals surface area contributed by atoms with Gasteiger partial charge in [-0.1, -0.05) is 0 Å². The number of methoxy groups -OCH3 is 1. The van der Waals surface area contributed by atoms with Crippen molar-refractivity contribution in [2.75, 3.05) is 20.3 Å². The fourth-order valence-corrected chi connectivity index (χ4v) is 1.72. The lowest BCUT2D eigenvalue weighted by molar-refractivity contribution is -0.123. The molecule has 0 saturated carbocycles. The summed E-state index contributed by atoms with van der Waals surface area (Å²) in [5.74, 6) is 1.38. The molecule has 0 aliphatic rings. The first-order valence-electron chi connectivity index (χ1n) is 6.65. The molecule has 0 spiro atoms. The van der Waals surface area contributed by atoms with E-state index < -0.39 is 5.54 Å². The van der Waals surface area contributed by atoms with E-state index in [0.717, 1.165) is 5.75 Å². The first kappa shape index (κ1) is 16.3. The molecule has 0 aliphatic carbocycles. The Morgan fingerprint density at radius 1 is 1.25 bits per heavy atom. The van der Waals surface area contributed by atoms with Gasteiger partial charge in [0.1, 0.15) is 11.5 Å². The summed E-state index contributed by atoms with van der Waals surface area (Å²) in [5.41, 5.74) is -0.397. The number of aliphatic hydroxyl groups is 1. The minimum absolute atomic E-state index is 0.0512. The maximum atomic E-state index is 11.7. The largest absolute Gasteiger partial charge is 0.497 e. The minimum atomic E-state index is -0.397. The van der Waals surface area contributed by atoms with Gasteiger partial charge in [0.25, 0.3) is 0 Å². The molecule has 0 radical (unpaired) electrons. The maximum Gasteiger partial charge on any atom is 0.223 e. The van der Waals surface area contributed by atoms with Gasteiger partial charge < -0.3 is 19.9 Å². The third-order valence-corrected chi connectivity index (χ3v) is 2.87. The summed E-state index contributed by atoms with van der Waals surface area (Å²) in [4.78, 5) is 11.7. The number of amides is 1. The molecule has 5 nitrogen and oxygen atoms in total. The molecular weight excluding hydrogens is 258 g/mol. The number of benzene rings is 1. The maximum absolute atomic E-state index is 11.7. The summed E-state index contributed by atoms with van der Waals surface area (Å²) >= 11 is 0. The van der Waals surface area contributed by atoms with Crippen molar-refractivity contribution in [1.82, 2.24) is 5.32 Å². The van der Waals surface area contributed by atoms with E-state index in [2.05, 4.69) is 5.32 Å². The first-order valence-corrected chi connectivity index (χ1v) is 6.65. The molecule has 2 N–H and O–H groups in total. The van der Waals surface area contributed by atoms with Gasteiger partial charge in [0, 0.05) is 12.1 Å². The summed E-state index contributed by atoms with van der Waals surface area (Å²) in [6.07, 6.45) is 0.805. The number of hydrogen-bond acceptors (Lipinski definition) is 4. The van der Waals surface area contributed by atoms with Gasteiger partial charge in [0.05, 0.1) is 20.1 Å². The van der Waals surface area contributed by atoms with Crippen LogP contribution in [0.15, 0.2) is 24.3 Å². The van der Waals surface area contributed by atoms with Crippen LogP contribution in [0.1, 0.15) is 26.7 Å². The predicted octanol–water partition coefficient (Wildman–Crippen LogP) is 1.74. The molecule has 1 rings (SSSR count). The molecule has 0 saturated heterocycles. The monoisotopic (exact) mass is 281 g/mol. The van der Waals surface area contributed by atoms with Crippen LogP contribution >= 0.6 is 0 Å². The summed E-state index contributed by atoms with van der Waals surface area (Å²) in [6.45, 7) is 4.12. The zero-order valence-electron chi connectivity index (χ0n) is 12.3. The normalized spacial score (nSPS) is 11.0. The van der Waals surface area contributed by atoms with Gasteiger partial charge in [0.2, 0.25) is 5.91 Å². The second-order valence-corrected chi connectivity index (χ2v) is 5.18. The van der Waals surface area contributed by atoms with E-state index in [4.69, 9.17) is 14.6 Å². The van der Waals surface area contributed by atoms with Gasteiger partial charge in [0.15, 0.2) is 0 Å². The lowest BCUT2D eigenvalue weighted by atomic mass is 10.0. The van der Waals surface area contributed by atoms with Crippen molar-refractivity contribution in [3.8, 4) is 11.5 Å². The van der Waals surface area contributed by atoms with Crippen molar-refractivity contribution < 1.29 is 19.4 Å². The van der Waals surface area contributed by atoms with Crippen LogP contribution in [0.3, 0.4) is 0 Å². The number of ether oxygens (including phenoxy) is 2. The van der Waals surface area contributed by atoms with Gasteiger partial charge in [-0.2, -0.15) is 0 Å². The molecule has 1 aromatic carbocycles. The van der Waals surface area contributed by atoms with Crippen LogP contribution in [0.4, 0.5) is 0 Å². The molecule has 0 unspecified atom stereocenters. The average molecular weight is 281 g/mol. The third kappa shape index (κ3) is 5.93. The number of nitrogens with one attached hydrogen (secondary N) is 1. The molecule has 112 valence electrons. The number of aliphatic hydroxyl groups excluding tert-OH is 1. The van der Waals surface area contributed by atoms with Gasteiger partial charge in [-0.05, 0) is 44.5 Å². The Morgan fingerprint density at radius 2 is 1.85 bits per heavy atom. The second kappa shape index (κ2) is 7.75. The van der Waals surface area contributed by atoms with E-state index in [-0.39, 0.29) is 18.9 Å². The van der Waals surface area contributed by atoms with Crippen LogP contribution in [0.25, 0.3) is 0 Å².